The lowest BCUT2D eigenvalue weighted by atomic mass is 9.59. The van der Waals surface area contributed by atoms with Crippen LogP contribution in [0.3, 0.4) is 0 Å². The Labute approximate surface area is 221 Å². The number of nitrogens with zero attached hydrogens (tertiary/aromatic N) is 3. The second-order valence-electron chi connectivity index (χ2n) is 12.2. The minimum atomic E-state index is -0.362. The molecule has 0 aromatic heterocycles. The van der Waals surface area contributed by atoms with Gasteiger partial charge in [-0.25, -0.2) is 0 Å². The van der Waals surface area contributed by atoms with Crippen molar-refractivity contribution in [3.63, 3.8) is 0 Å². The average molecular weight is 503 g/mol. The summed E-state index contributed by atoms with van der Waals surface area (Å²) in [6, 6.07) is 18.8. The van der Waals surface area contributed by atoms with E-state index in [-0.39, 0.29) is 5.91 Å². The van der Waals surface area contributed by atoms with Crippen molar-refractivity contribution in [3.8, 4) is 0 Å². The van der Waals surface area contributed by atoms with E-state index in [4.69, 9.17) is 10.5 Å². The summed E-state index contributed by atoms with van der Waals surface area (Å²) in [5, 5.41) is 0. The van der Waals surface area contributed by atoms with Gasteiger partial charge in [-0.3, -0.25) is 14.6 Å². The number of hydrogen-bond acceptors (Lipinski definition) is 5. The standard InChI is InChI=1S/C31H42N4O2/c1-22(2)27-5-3-4-6-28(27)29-19-33(25-11-15-37-16-12-25)13-14-35(29)26-17-31(18-26)20-34(21-31)24-9-7-23(8-10-24)30(32)36/h3-10,22,25-26,29H,11-21H2,1-2H3,(H2,32,36). The monoisotopic (exact) mass is 502 g/mol. The average Bonchev–Trinajstić information content (AvgIpc) is 2.88. The molecule has 37 heavy (non-hydrogen) atoms. The van der Waals surface area contributed by atoms with Gasteiger partial charge in [0.2, 0.25) is 5.91 Å². The van der Waals surface area contributed by atoms with Gasteiger partial charge in [0, 0.05) is 80.7 Å². The maximum absolute atomic E-state index is 11.4. The van der Waals surface area contributed by atoms with Crippen LogP contribution in [0, 0.1) is 5.41 Å². The molecular weight excluding hydrogens is 460 g/mol. The normalized spacial score (nSPS) is 25.3. The van der Waals surface area contributed by atoms with E-state index in [1.54, 1.807) is 5.56 Å². The van der Waals surface area contributed by atoms with Crippen LogP contribution in [0.4, 0.5) is 5.69 Å². The predicted molar refractivity (Wildman–Crippen MR) is 148 cm³/mol. The van der Waals surface area contributed by atoms with Gasteiger partial charge < -0.3 is 15.4 Å². The number of rotatable bonds is 6. The van der Waals surface area contributed by atoms with Crippen molar-refractivity contribution < 1.29 is 9.53 Å². The molecule has 6 nitrogen and oxygen atoms in total. The summed E-state index contributed by atoms with van der Waals surface area (Å²) in [6.07, 6.45) is 4.92. The molecule has 3 aliphatic heterocycles. The van der Waals surface area contributed by atoms with Crippen LogP contribution < -0.4 is 10.6 Å². The molecule has 2 aromatic carbocycles. The molecule has 0 bridgehead atoms. The van der Waals surface area contributed by atoms with Crippen LogP contribution in [-0.2, 0) is 4.74 Å². The number of piperazine rings is 1. The molecule has 6 heteroatoms. The van der Waals surface area contributed by atoms with Crippen LogP contribution in [0.2, 0.25) is 0 Å². The molecule has 1 saturated carbocycles. The number of hydrogen-bond donors (Lipinski definition) is 1. The Morgan fingerprint density at radius 3 is 2.35 bits per heavy atom. The van der Waals surface area contributed by atoms with Crippen molar-refractivity contribution in [1.29, 1.82) is 0 Å². The van der Waals surface area contributed by atoms with Gasteiger partial charge in [-0.05, 0) is 67.0 Å². The van der Waals surface area contributed by atoms with Crippen LogP contribution >= 0.6 is 0 Å². The van der Waals surface area contributed by atoms with E-state index >= 15 is 0 Å². The molecular formula is C31H42N4O2. The van der Waals surface area contributed by atoms with Crippen LogP contribution in [-0.4, -0.2) is 73.7 Å². The number of carbonyl (C=O) groups excluding carboxylic acids is 1. The highest BCUT2D eigenvalue weighted by atomic mass is 16.5. The van der Waals surface area contributed by atoms with Crippen LogP contribution in [0.15, 0.2) is 48.5 Å². The van der Waals surface area contributed by atoms with Gasteiger partial charge in [-0.2, -0.15) is 0 Å². The fraction of sp³-hybridized carbons (Fsp3) is 0.581. The first-order valence-corrected chi connectivity index (χ1v) is 14.2. The molecule has 2 N–H and O–H groups in total. The van der Waals surface area contributed by atoms with E-state index in [0.29, 0.717) is 35.0 Å². The van der Waals surface area contributed by atoms with Crippen LogP contribution in [0.25, 0.3) is 0 Å². The zero-order chi connectivity index (χ0) is 25.6. The lowest BCUT2D eigenvalue weighted by molar-refractivity contribution is -0.0766. The first-order chi connectivity index (χ1) is 17.9. The molecule has 0 radical (unpaired) electrons. The molecule has 1 unspecified atom stereocenters. The molecule has 2 aromatic rings. The van der Waals surface area contributed by atoms with Crippen molar-refractivity contribution in [1.82, 2.24) is 9.80 Å². The zero-order valence-corrected chi connectivity index (χ0v) is 22.4. The fourth-order valence-corrected chi connectivity index (χ4v) is 7.47. The molecule has 1 amide bonds. The number of carbonyl (C=O) groups is 1. The lowest BCUT2D eigenvalue weighted by Gasteiger charge is -2.63. The first kappa shape index (κ1) is 24.9. The molecule has 198 valence electrons. The van der Waals surface area contributed by atoms with E-state index in [1.807, 2.05) is 24.3 Å². The van der Waals surface area contributed by atoms with Crippen molar-refractivity contribution in [2.45, 2.75) is 63.6 Å². The Bertz CT molecular complexity index is 1100. The summed E-state index contributed by atoms with van der Waals surface area (Å²) in [5.41, 5.74) is 10.7. The minimum Gasteiger partial charge on any atom is -0.381 e. The molecule has 3 saturated heterocycles. The molecule has 1 aliphatic carbocycles. The summed E-state index contributed by atoms with van der Waals surface area (Å²) in [7, 11) is 0. The highest BCUT2D eigenvalue weighted by Crippen LogP contribution is 2.53. The number of anilines is 1. The van der Waals surface area contributed by atoms with Gasteiger partial charge in [0.15, 0.2) is 0 Å². The topological polar surface area (TPSA) is 62.0 Å². The molecule has 4 aliphatic rings. The highest BCUT2D eigenvalue weighted by molar-refractivity contribution is 5.93. The zero-order valence-electron chi connectivity index (χ0n) is 22.4. The summed E-state index contributed by atoms with van der Waals surface area (Å²) >= 11 is 0. The highest BCUT2D eigenvalue weighted by Gasteiger charge is 2.55. The predicted octanol–water partition coefficient (Wildman–Crippen LogP) is 4.42. The molecule has 3 heterocycles. The van der Waals surface area contributed by atoms with E-state index in [2.05, 4.69) is 52.8 Å². The summed E-state index contributed by atoms with van der Waals surface area (Å²) in [6.45, 7) is 12.2. The Kier molecular flexibility index (Phi) is 6.76. The Hall–Kier alpha value is -2.41. The fourth-order valence-electron chi connectivity index (χ4n) is 7.47. The van der Waals surface area contributed by atoms with Crippen molar-refractivity contribution in [2.75, 3.05) is 50.8 Å². The summed E-state index contributed by atoms with van der Waals surface area (Å²) < 4.78 is 5.68. The van der Waals surface area contributed by atoms with Gasteiger partial charge >= 0.3 is 0 Å². The van der Waals surface area contributed by atoms with E-state index in [0.717, 1.165) is 39.4 Å². The number of primary amides is 1. The van der Waals surface area contributed by atoms with Crippen LogP contribution in [0.1, 0.15) is 73.0 Å². The van der Waals surface area contributed by atoms with Crippen molar-refractivity contribution in [2.24, 2.45) is 11.1 Å². The van der Waals surface area contributed by atoms with Crippen LogP contribution in [0.5, 0.6) is 0 Å². The third-order valence-corrected chi connectivity index (χ3v) is 9.51. The van der Waals surface area contributed by atoms with Crippen molar-refractivity contribution >= 4 is 11.6 Å². The third-order valence-electron chi connectivity index (χ3n) is 9.51. The van der Waals surface area contributed by atoms with Gasteiger partial charge in [0.05, 0.1) is 0 Å². The SMILES string of the molecule is CC(C)c1ccccc1C1CN(C2CCOCC2)CCN1C1CC2(C1)CN(c1ccc(C(N)=O)cc1)C2. The third kappa shape index (κ3) is 4.80. The Balaban J connectivity index is 1.15. The second kappa shape index (κ2) is 10.0. The number of amides is 1. The summed E-state index contributed by atoms with van der Waals surface area (Å²) in [5.74, 6) is 0.171. The smallest absolute Gasteiger partial charge is 0.248 e. The van der Waals surface area contributed by atoms with Gasteiger partial charge in [-0.1, -0.05) is 38.1 Å². The molecule has 1 spiro atoms. The van der Waals surface area contributed by atoms with Gasteiger partial charge in [0.1, 0.15) is 0 Å². The largest absolute Gasteiger partial charge is 0.381 e. The Morgan fingerprint density at radius 1 is 0.973 bits per heavy atom. The quantitative estimate of drug-likeness (QED) is 0.634. The van der Waals surface area contributed by atoms with Gasteiger partial charge in [0.25, 0.3) is 0 Å². The molecule has 4 fully saturated rings. The van der Waals surface area contributed by atoms with E-state index in [9.17, 15) is 4.79 Å². The lowest BCUT2D eigenvalue weighted by Crippen LogP contribution is -2.68. The van der Waals surface area contributed by atoms with Gasteiger partial charge in [-0.15, -0.1) is 0 Å². The van der Waals surface area contributed by atoms with E-state index < -0.39 is 0 Å². The maximum Gasteiger partial charge on any atom is 0.248 e. The number of nitrogens with two attached hydrogens (primary N) is 1. The first-order valence-electron chi connectivity index (χ1n) is 14.2. The molecule has 1 atom stereocenters. The maximum atomic E-state index is 11.4. The van der Waals surface area contributed by atoms with E-state index in [1.165, 1.54) is 43.5 Å². The minimum absolute atomic E-state index is 0.362. The molecule has 6 rings (SSSR count). The Morgan fingerprint density at radius 2 is 1.68 bits per heavy atom. The number of benzene rings is 2. The second-order valence-corrected chi connectivity index (χ2v) is 12.2. The number of ether oxygens (including phenoxy) is 1. The van der Waals surface area contributed by atoms with Crippen molar-refractivity contribution in [3.05, 3.63) is 65.2 Å². The summed E-state index contributed by atoms with van der Waals surface area (Å²) in [4.78, 5) is 19.5.